The Labute approximate surface area is 110 Å². The van der Waals surface area contributed by atoms with Crippen molar-refractivity contribution < 1.29 is 9.84 Å². The summed E-state index contributed by atoms with van der Waals surface area (Å²) >= 11 is 0. The molecule has 0 aliphatic carbocycles. The molecule has 0 aliphatic heterocycles. The van der Waals surface area contributed by atoms with Gasteiger partial charge in [0.25, 0.3) is 0 Å². The van der Waals surface area contributed by atoms with Crippen molar-refractivity contribution in [2.75, 3.05) is 20.8 Å². The van der Waals surface area contributed by atoms with Gasteiger partial charge in [0.2, 0.25) is 0 Å². The number of rotatable bonds is 5. The summed E-state index contributed by atoms with van der Waals surface area (Å²) in [7, 11) is 3.73. The second-order valence-electron chi connectivity index (χ2n) is 5.79. The Morgan fingerprint density at radius 3 is 2.39 bits per heavy atom. The predicted octanol–water partition coefficient (Wildman–Crippen LogP) is 2.53. The lowest BCUT2D eigenvalue weighted by atomic mass is 9.86. The van der Waals surface area contributed by atoms with Crippen molar-refractivity contribution in [2.45, 2.75) is 33.4 Å². The number of hydrogen-bond acceptors (Lipinski definition) is 3. The number of likely N-dealkylation sites (N-methyl/N-ethyl adjacent to an activating group) is 1. The number of aliphatic hydroxyl groups is 1. The van der Waals surface area contributed by atoms with Crippen LogP contribution >= 0.6 is 0 Å². The van der Waals surface area contributed by atoms with Crippen LogP contribution in [-0.4, -0.2) is 36.8 Å². The lowest BCUT2D eigenvalue weighted by Gasteiger charge is -2.37. The van der Waals surface area contributed by atoms with E-state index in [4.69, 9.17) is 4.74 Å². The smallest absolute Gasteiger partial charge is 0.123 e. The molecule has 1 rings (SSSR count). The molecule has 0 amide bonds. The highest BCUT2D eigenvalue weighted by molar-refractivity contribution is 5.33. The second-order valence-corrected chi connectivity index (χ2v) is 5.79. The Morgan fingerprint density at radius 2 is 1.89 bits per heavy atom. The molecule has 0 radical (unpaired) electrons. The molecule has 0 spiro atoms. The largest absolute Gasteiger partial charge is 0.496 e. The molecule has 0 bridgehead atoms. The number of benzene rings is 1. The molecule has 0 saturated carbocycles. The van der Waals surface area contributed by atoms with E-state index in [0.717, 1.165) is 17.9 Å². The maximum Gasteiger partial charge on any atom is 0.123 e. The summed E-state index contributed by atoms with van der Waals surface area (Å²) in [5.41, 5.74) is 1.19. The second kappa shape index (κ2) is 6.21. The molecule has 0 aromatic heterocycles. The van der Waals surface area contributed by atoms with Gasteiger partial charge in [0.05, 0.1) is 13.7 Å². The van der Waals surface area contributed by atoms with Crippen LogP contribution in [0.3, 0.4) is 0 Å². The molecule has 1 aromatic carbocycles. The average Bonchev–Trinajstić information content (AvgIpc) is 2.28. The first-order valence-corrected chi connectivity index (χ1v) is 6.33. The van der Waals surface area contributed by atoms with Gasteiger partial charge in [-0.15, -0.1) is 0 Å². The molecule has 3 heteroatoms. The third kappa shape index (κ3) is 3.72. The van der Waals surface area contributed by atoms with Gasteiger partial charge in [-0.3, -0.25) is 4.90 Å². The average molecular weight is 251 g/mol. The molecular weight excluding hydrogens is 226 g/mol. The molecule has 1 N–H and O–H groups in total. The summed E-state index contributed by atoms with van der Waals surface area (Å²) in [5, 5.41) is 9.56. The fraction of sp³-hybridized carbons (Fsp3) is 0.600. The highest BCUT2D eigenvalue weighted by Crippen LogP contribution is 2.26. The van der Waals surface area contributed by atoms with E-state index < -0.39 is 0 Å². The zero-order valence-corrected chi connectivity index (χ0v) is 12.1. The molecular formula is C15H25NO2. The maximum atomic E-state index is 9.56. The molecule has 1 atom stereocenters. The molecule has 3 nitrogen and oxygen atoms in total. The third-order valence-electron chi connectivity index (χ3n) is 3.32. The highest BCUT2D eigenvalue weighted by atomic mass is 16.5. The van der Waals surface area contributed by atoms with Crippen molar-refractivity contribution >= 4 is 0 Å². The van der Waals surface area contributed by atoms with Gasteiger partial charge in [0.15, 0.2) is 0 Å². The Kier molecular flexibility index (Phi) is 5.17. The van der Waals surface area contributed by atoms with Gasteiger partial charge >= 0.3 is 0 Å². The predicted molar refractivity (Wildman–Crippen MR) is 74.8 cm³/mol. The minimum atomic E-state index is 0.0471. The fourth-order valence-corrected chi connectivity index (χ4v) is 2.29. The van der Waals surface area contributed by atoms with E-state index in [1.807, 2.05) is 25.2 Å². The summed E-state index contributed by atoms with van der Waals surface area (Å²) in [5.74, 6) is 0.898. The van der Waals surface area contributed by atoms with E-state index >= 15 is 0 Å². The van der Waals surface area contributed by atoms with Crippen LogP contribution in [0.1, 0.15) is 26.3 Å². The summed E-state index contributed by atoms with van der Waals surface area (Å²) in [4.78, 5) is 2.18. The summed E-state index contributed by atoms with van der Waals surface area (Å²) in [6, 6.07) is 8.13. The van der Waals surface area contributed by atoms with Crippen LogP contribution in [-0.2, 0) is 6.54 Å². The monoisotopic (exact) mass is 251 g/mol. The van der Waals surface area contributed by atoms with Crippen LogP contribution in [0.15, 0.2) is 24.3 Å². The van der Waals surface area contributed by atoms with Crippen molar-refractivity contribution in [3.8, 4) is 5.75 Å². The number of methoxy groups -OCH3 is 1. The lowest BCUT2D eigenvalue weighted by Crippen LogP contribution is -2.44. The van der Waals surface area contributed by atoms with Crippen LogP contribution in [0.25, 0.3) is 0 Å². The van der Waals surface area contributed by atoms with E-state index in [2.05, 4.69) is 31.7 Å². The van der Waals surface area contributed by atoms with Gasteiger partial charge in [-0.2, -0.15) is 0 Å². The van der Waals surface area contributed by atoms with Crippen molar-refractivity contribution in [3.05, 3.63) is 29.8 Å². The van der Waals surface area contributed by atoms with E-state index in [1.54, 1.807) is 7.11 Å². The first-order valence-electron chi connectivity index (χ1n) is 6.33. The number of hydrogen-bond donors (Lipinski definition) is 1. The van der Waals surface area contributed by atoms with E-state index in [1.165, 1.54) is 0 Å². The van der Waals surface area contributed by atoms with Gasteiger partial charge in [0, 0.05) is 18.2 Å². The van der Waals surface area contributed by atoms with Crippen molar-refractivity contribution in [3.63, 3.8) is 0 Å². The summed E-state index contributed by atoms with van der Waals surface area (Å²) in [6.07, 6.45) is 0. The zero-order valence-electron chi connectivity index (χ0n) is 12.1. The van der Waals surface area contributed by atoms with Crippen LogP contribution in [0.2, 0.25) is 0 Å². The van der Waals surface area contributed by atoms with Gasteiger partial charge < -0.3 is 9.84 Å². The molecule has 0 saturated heterocycles. The number of aliphatic hydroxyl groups excluding tert-OH is 1. The van der Waals surface area contributed by atoms with Crippen LogP contribution in [0.5, 0.6) is 5.75 Å². The molecule has 1 aromatic rings. The first-order chi connectivity index (χ1) is 8.40. The zero-order chi connectivity index (χ0) is 13.8. The minimum absolute atomic E-state index is 0.0471. The molecule has 1 unspecified atom stereocenters. The van der Waals surface area contributed by atoms with Crippen molar-refractivity contribution in [1.29, 1.82) is 0 Å². The number of ether oxygens (including phenoxy) is 1. The van der Waals surface area contributed by atoms with E-state index in [-0.39, 0.29) is 18.1 Å². The van der Waals surface area contributed by atoms with Crippen molar-refractivity contribution in [1.82, 2.24) is 4.90 Å². The Morgan fingerprint density at radius 1 is 1.28 bits per heavy atom. The van der Waals surface area contributed by atoms with Crippen LogP contribution in [0, 0.1) is 5.41 Å². The SMILES string of the molecule is COc1ccccc1CN(C)C(CO)C(C)(C)C. The molecule has 0 fully saturated rings. The van der Waals surface area contributed by atoms with Crippen LogP contribution < -0.4 is 4.74 Å². The summed E-state index contributed by atoms with van der Waals surface area (Å²) in [6.45, 7) is 7.37. The number of nitrogens with zero attached hydrogens (tertiary/aromatic N) is 1. The van der Waals surface area contributed by atoms with Gasteiger partial charge in [-0.25, -0.2) is 0 Å². The van der Waals surface area contributed by atoms with Gasteiger partial charge in [-0.05, 0) is 18.5 Å². The third-order valence-corrected chi connectivity index (χ3v) is 3.32. The Bertz CT molecular complexity index is 371. The maximum absolute atomic E-state index is 9.56. The van der Waals surface area contributed by atoms with Crippen molar-refractivity contribution in [2.24, 2.45) is 5.41 Å². The molecule has 0 aliphatic rings. The van der Waals surface area contributed by atoms with Gasteiger partial charge in [-0.1, -0.05) is 39.0 Å². The van der Waals surface area contributed by atoms with E-state index in [0.29, 0.717) is 0 Å². The molecule has 18 heavy (non-hydrogen) atoms. The van der Waals surface area contributed by atoms with Crippen LogP contribution in [0.4, 0.5) is 0 Å². The summed E-state index contributed by atoms with van der Waals surface area (Å²) < 4.78 is 5.36. The van der Waals surface area contributed by atoms with E-state index in [9.17, 15) is 5.11 Å². The number of para-hydroxylation sites is 1. The molecule has 0 heterocycles. The minimum Gasteiger partial charge on any atom is -0.496 e. The first kappa shape index (κ1) is 15.0. The quantitative estimate of drug-likeness (QED) is 0.873. The van der Waals surface area contributed by atoms with Gasteiger partial charge in [0.1, 0.15) is 5.75 Å². The lowest BCUT2D eigenvalue weighted by molar-refractivity contribution is 0.0609. The topological polar surface area (TPSA) is 32.7 Å². The normalized spacial score (nSPS) is 13.7. The Hall–Kier alpha value is -1.06. The Balaban J connectivity index is 2.83. The standard InChI is InChI=1S/C15H25NO2/c1-15(2,3)14(11-17)16(4)10-12-8-6-7-9-13(12)18-5/h6-9,14,17H,10-11H2,1-5H3. The molecule has 102 valence electrons. The fourth-order valence-electron chi connectivity index (χ4n) is 2.29. The highest BCUT2D eigenvalue weighted by Gasteiger charge is 2.27.